The van der Waals surface area contributed by atoms with Gasteiger partial charge in [-0.25, -0.2) is 19.4 Å². The van der Waals surface area contributed by atoms with Crippen molar-refractivity contribution >= 4 is 35.3 Å². The summed E-state index contributed by atoms with van der Waals surface area (Å²) >= 11 is 1.44. The molecule has 3 heterocycles. The fraction of sp³-hybridized carbons (Fsp3) is 0.417. The third kappa shape index (κ3) is 5.59. The van der Waals surface area contributed by atoms with E-state index in [2.05, 4.69) is 20.3 Å². The van der Waals surface area contributed by atoms with Crippen molar-refractivity contribution in [3.8, 4) is 5.69 Å². The number of benzene rings is 1. The molecular weight excluding hydrogens is 480 g/mol. The van der Waals surface area contributed by atoms with E-state index in [1.807, 2.05) is 63.2 Å². The summed E-state index contributed by atoms with van der Waals surface area (Å²) in [5.74, 6) is 0.477. The van der Waals surface area contributed by atoms with Gasteiger partial charge >= 0.3 is 6.09 Å². The fourth-order valence-corrected chi connectivity index (χ4v) is 4.03. The van der Waals surface area contributed by atoms with Crippen LogP contribution in [0.1, 0.15) is 36.8 Å². The SMILES string of the molecule is CSc1ncc2c(n1)N(C)CCN(c1cccc(-n3cc(CN(C)C(=O)OC(C)(C)C)nn3)c1)C2=O. The van der Waals surface area contributed by atoms with Gasteiger partial charge in [-0.1, -0.05) is 23.0 Å². The molecule has 4 rings (SSSR count). The number of hydrogen-bond donors (Lipinski definition) is 0. The van der Waals surface area contributed by atoms with Crippen LogP contribution < -0.4 is 9.80 Å². The third-order valence-electron chi connectivity index (χ3n) is 5.48. The Bertz CT molecular complexity index is 1270. The molecule has 12 heteroatoms. The molecule has 1 aromatic carbocycles. The Hall–Kier alpha value is -3.67. The van der Waals surface area contributed by atoms with Crippen LogP contribution in [0.5, 0.6) is 0 Å². The van der Waals surface area contributed by atoms with Gasteiger partial charge in [0.2, 0.25) is 0 Å². The van der Waals surface area contributed by atoms with Crippen molar-refractivity contribution in [3.63, 3.8) is 0 Å². The summed E-state index contributed by atoms with van der Waals surface area (Å²) < 4.78 is 7.02. The van der Waals surface area contributed by atoms with Crippen LogP contribution in [-0.2, 0) is 11.3 Å². The van der Waals surface area contributed by atoms with E-state index in [4.69, 9.17) is 4.74 Å². The van der Waals surface area contributed by atoms with Crippen molar-refractivity contribution in [1.29, 1.82) is 0 Å². The molecule has 0 N–H and O–H groups in total. The Morgan fingerprint density at radius 2 is 1.97 bits per heavy atom. The average Bonchev–Trinajstić information content (AvgIpc) is 3.26. The lowest BCUT2D eigenvalue weighted by molar-refractivity contribution is 0.0283. The molecule has 2 aromatic heterocycles. The van der Waals surface area contributed by atoms with E-state index in [1.165, 1.54) is 16.7 Å². The normalized spacial score (nSPS) is 13.9. The van der Waals surface area contributed by atoms with Gasteiger partial charge in [0, 0.05) is 39.1 Å². The van der Waals surface area contributed by atoms with Gasteiger partial charge in [0.15, 0.2) is 5.16 Å². The largest absolute Gasteiger partial charge is 0.444 e. The molecule has 0 fully saturated rings. The molecule has 36 heavy (non-hydrogen) atoms. The highest BCUT2D eigenvalue weighted by Gasteiger charge is 2.28. The Morgan fingerprint density at radius 3 is 2.69 bits per heavy atom. The number of carbonyl (C=O) groups excluding carboxylic acids is 2. The molecule has 0 spiro atoms. The number of nitrogens with zero attached hydrogens (tertiary/aromatic N) is 8. The Labute approximate surface area is 214 Å². The van der Waals surface area contributed by atoms with Crippen molar-refractivity contribution in [2.24, 2.45) is 0 Å². The molecule has 11 nitrogen and oxygen atoms in total. The zero-order valence-electron chi connectivity index (χ0n) is 21.3. The monoisotopic (exact) mass is 510 g/mol. The first-order valence-corrected chi connectivity index (χ1v) is 12.7. The lowest BCUT2D eigenvalue weighted by Crippen LogP contribution is -2.33. The third-order valence-corrected chi connectivity index (χ3v) is 6.04. The number of aromatic nitrogens is 5. The highest BCUT2D eigenvalue weighted by Crippen LogP contribution is 2.28. The number of anilines is 2. The van der Waals surface area contributed by atoms with Gasteiger partial charge in [0.1, 0.15) is 22.7 Å². The molecule has 0 radical (unpaired) electrons. The minimum Gasteiger partial charge on any atom is -0.444 e. The van der Waals surface area contributed by atoms with Crippen LogP contribution in [-0.4, -0.2) is 80.9 Å². The maximum absolute atomic E-state index is 13.4. The van der Waals surface area contributed by atoms with Crippen molar-refractivity contribution in [1.82, 2.24) is 29.9 Å². The lowest BCUT2D eigenvalue weighted by atomic mass is 10.2. The fourth-order valence-electron chi connectivity index (χ4n) is 3.69. The van der Waals surface area contributed by atoms with Gasteiger partial charge in [-0.2, -0.15) is 0 Å². The number of fused-ring (bicyclic) bond motifs is 1. The number of hydrogen-bond acceptors (Lipinski definition) is 9. The Balaban J connectivity index is 1.54. The van der Waals surface area contributed by atoms with E-state index in [9.17, 15) is 9.59 Å². The van der Waals surface area contributed by atoms with Gasteiger partial charge in [-0.3, -0.25) is 4.79 Å². The molecule has 1 aliphatic heterocycles. The van der Waals surface area contributed by atoms with Crippen LogP contribution in [0.3, 0.4) is 0 Å². The van der Waals surface area contributed by atoms with Gasteiger partial charge in [0.05, 0.1) is 18.4 Å². The first-order chi connectivity index (χ1) is 17.1. The quantitative estimate of drug-likeness (QED) is 0.377. The van der Waals surface area contributed by atoms with Crippen LogP contribution in [0.2, 0.25) is 0 Å². The highest BCUT2D eigenvalue weighted by molar-refractivity contribution is 7.98. The predicted octanol–water partition coefficient (Wildman–Crippen LogP) is 3.24. The van der Waals surface area contributed by atoms with E-state index in [-0.39, 0.29) is 12.5 Å². The molecular formula is C24H30N8O3S. The predicted molar refractivity (Wildman–Crippen MR) is 138 cm³/mol. The minimum absolute atomic E-state index is 0.155. The maximum Gasteiger partial charge on any atom is 0.410 e. The van der Waals surface area contributed by atoms with E-state index in [0.717, 1.165) is 11.4 Å². The van der Waals surface area contributed by atoms with Crippen LogP contribution >= 0.6 is 11.8 Å². The molecule has 3 aromatic rings. The zero-order chi connectivity index (χ0) is 26.0. The summed E-state index contributed by atoms with van der Waals surface area (Å²) in [7, 11) is 3.58. The second kappa shape index (κ2) is 10.1. The second-order valence-corrected chi connectivity index (χ2v) is 10.3. The van der Waals surface area contributed by atoms with E-state index >= 15 is 0 Å². The lowest BCUT2D eigenvalue weighted by Gasteiger charge is -2.24. The van der Waals surface area contributed by atoms with Gasteiger partial charge in [-0.15, -0.1) is 5.10 Å². The topological polar surface area (TPSA) is 110 Å². The first-order valence-electron chi connectivity index (χ1n) is 11.5. The van der Waals surface area contributed by atoms with Crippen LogP contribution in [0.15, 0.2) is 41.8 Å². The van der Waals surface area contributed by atoms with Gasteiger partial charge in [0.25, 0.3) is 5.91 Å². The molecule has 1 aliphatic rings. The number of ether oxygens (including phenoxy) is 1. The molecule has 0 atom stereocenters. The smallest absolute Gasteiger partial charge is 0.410 e. The Kier molecular flexibility index (Phi) is 7.16. The summed E-state index contributed by atoms with van der Waals surface area (Å²) in [4.78, 5) is 39.7. The van der Waals surface area contributed by atoms with Crippen molar-refractivity contribution in [3.05, 3.63) is 47.9 Å². The number of amides is 2. The van der Waals surface area contributed by atoms with Crippen molar-refractivity contribution in [2.45, 2.75) is 38.1 Å². The van der Waals surface area contributed by atoms with E-state index in [0.29, 0.717) is 35.3 Å². The first kappa shape index (κ1) is 25.4. The summed E-state index contributed by atoms with van der Waals surface area (Å²) in [5, 5.41) is 9.04. The molecule has 0 bridgehead atoms. The second-order valence-electron chi connectivity index (χ2n) is 9.48. The van der Waals surface area contributed by atoms with E-state index < -0.39 is 11.7 Å². The minimum atomic E-state index is -0.577. The molecule has 0 saturated heterocycles. The summed E-state index contributed by atoms with van der Waals surface area (Å²) in [6.45, 7) is 6.83. The van der Waals surface area contributed by atoms with Crippen LogP contribution in [0, 0.1) is 0 Å². The van der Waals surface area contributed by atoms with Crippen LogP contribution in [0.25, 0.3) is 5.69 Å². The number of thioether (sulfide) groups is 1. The number of rotatable bonds is 5. The molecule has 0 unspecified atom stereocenters. The highest BCUT2D eigenvalue weighted by atomic mass is 32.2. The van der Waals surface area contributed by atoms with E-state index in [1.54, 1.807) is 29.0 Å². The van der Waals surface area contributed by atoms with Crippen molar-refractivity contribution in [2.75, 3.05) is 43.2 Å². The maximum atomic E-state index is 13.4. The van der Waals surface area contributed by atoms with Crippen molar-refractivity contribution < 1.29 is 14.3 Å². The summed E-state index contributed by atoms with van der Waals surface area (Å²) in [6, 6.07) is 7.53. The molecule has 190 valence electrons. The Morgan fingerprint density at radius 1 is 1.22 bits per heavy atom. The summed E-state index contributed by atoms with van der Waals surface area (Å²) in [6.07, 6.45) is 4.83. The zero-order valence-corrected chi connectivity index (χ0v) is 22.1. The molecule has 0 aliphatic carbocycles. The van der Waals surface area contributed by atoms with Crippen LogP contribution in [0.4, 0.5) is 16.3 Å². The number of likely N-dealkylation sites (N-methyl/N-ethyl adjacent to an activating group) is 1. The van der Waals surface area contributed by atoms with Gasteiger partial charge in [-0.05, 0) is 45.2 Å². The molecule has 2 amide bonds. The molecule has 0 saturated carbocycles. The number of carbonyl (C=O) groups is 2. The standard InChI is InChI=1S/C24H30N8O3S/c1-24(2,3)35-23(34)30(5)14-16-15-32(28-27-16)18-9-7-8-17(12-18)31-11-10-29(4)20-19(21(31)33)13-25-22(26-20)36-6/h7-9,12-13,15H,10-11,14H2,1-6H3. The van der Waals surface area contributed by atoms with Gasteiger partial charge < -0.3 is 19.4 Å². The average molecular weight is 511 g/mol. The summed E-state index contributed by atoms with van der Waals surface area (Å²) in [5.41, 5.74) is 1.97.